The summed E-state index contributed by atoms with van der Waals surface area (Å²) in [6, 6.07) is 84.1. The zero-order valence-electron chi connectivity index (χ0n) is 35.3. The minimum absolute atomic E-state index is 0.622. The Morgan fingerprint density at radius 2 is 0.662 bits per heavy atom. The lowest BCUT2D eigenvalue weighted by atomic mass is 9.91. The minimum Gasteiger partial charge on any atom is -0.208 e. The highest BCUT2D eigenvalue weighted by atomic mass is 32.1. The van der Waals surface area contributed by atoms with Gasteiger partial charge in [0.2, 0.25) is 0 Å². The third-order valence-corrected chi connectivity index (χ3v) is 13.5. The van der Waals surface area contributed by atoms with Gasteiger partial charge in [-0.15, -0.1) is 11.3 Å². The Morgan fingerprint density at radius 1 is 0.231 bits per heavy atom. The van der Waals surface area contributed by atoms with Crippen LogP contribution in [0.5, 0.6) is 0 Å². The van der Waals surface area contributed by atoms with Crippen LogP contribution in [0.3, 0.4) is 0 Å². The quantitative estimate of drug-likeness (QED) is 0.153. The van der Waals surface area contributed by atoms with E-state index in [2.05, 4.69) is 224 Å². The summed E-state index contributed by atoms with van der Waals surface area (Å²) in [6.45, 7) is 0. The maximum atomic E-state index is 5.19. The van der Waals surface area contributed by atoms with Gasteiger partial charge in [-0.05, 0) is 84.6 Å². The molecule has 0 spiro atoms. The number of fused-ring (bicyclic) bond motifs is 4. The molecular weight excluding hydrogens is 807 g/mol. The van der Waals surface area contributed by atoms with Crippen molar-refractivity contribution in [3.05, 3.63) is 237 Å². The monoisotopic (exact) mass is 845 g/mol. The summed E-state index contributed by atoms with van der Waals surface area (Å²) in [5, 5.41) is 5.07. The fourth-order valence-electron chi connectivity index (χ4n) is 9.22. The fraction of sp³-hybridized carbons (Fsp3) is 0. The van der Waals surface area contributed by atoms with Gasteiger partial charge >= 0.3 is 0 Å². The number of thiophene rings is 1. The summed E-state index contributed by atoms with van der Waals surface area (Å²) >= 11 is 1.86. The molecule has 12 rings (SSSR count). The van der Waals surface area contributed by atoms with Gasteiger partial charge in [-0.25, -0.2) is 15.0 Å². The Hall–Kier alpha value is -8.31. The van der Waals surface area contributed by atoms with Gasteiger partial charge in [0.1, 0.15) is 0 Å². The van der Waals surface area contributed by atoms with Gasteiger partial charge < -0.3 is 0 Å². The van der Waals surface area contributed by atoms with Crippen LogP contribution >= 0.6 is 11.3 Å². The van der Waals surface area contributed by atoms with E-state index in [0.717, 1.165) is 44.5 Å². The molecule has 0 unspecified atom stereocenters. The Morgan fingerprint density at radius 3 is 1.34 bits per heavy atom. The summed E-state index contributed by atoms with van der Waals surface area (Å²) in [6.07, 6.45) is 0. The molecule has 0 aliphatic carbocycles. The first-order valence-corrected chi connectivity index (χ1v) is 22.7. The van der Waals surface area contributed by atoms with Crippen molar-refractivity contribution >= 4 is 42.3 Å². The number of nitrogens with zero attached hydrogens (tertiary/aromatic N) is 3. The number of benzene rings is 10. The van der Waals surface area contributed by atoms with E-state index in [4.69, 9.17) is 15.0 Å². The van der Waals surface area contributed by atoms with Crippen molar-refractivity contribution in [1.29, 1.82) is 0 Å². The van der Waals surface area contributed by atoms with E-state index in [0.29, 0.717) is 17.5 Å². The second kappa shape index (κ2) is 16.4. The van der Waals surface area contributed by atoms with Crippen molar-refractivity contribution in [1.82, 2.24) is 15.0 Å². The maximum absolute atomic E-state index is 5.19. The summed E-state index contributed by atoms with van der Waals surface area (Å²) in [4.78, 5) is 15.5. The van der Waals surface area contributed by atoms with Gasteiger partial charge in [-0.3, -0.25) is 0 Å². The van der Waals surface area contributed by atoms with Crippen LogP contribution in [0.1, 0.15) is 0 Å². The molecule has 0 aliphatic heterocycles. The zero-order chi connectivity index (χ0) is 43.1. The second-order valence-electron chi connectivity index (χ2n) is 16.3. The Kier molecular flexibility index (Phi) is 9.70. The highest BCUT2D eigenvalue weighted by Gasteiger charge is 2.18. The van der Waals surface area contributed by atoms with E-state index in [9.17, 15) is 0 Å². The lowest BCUT2D eigenvalue weighted by molar-refractivity contribution is 1.07. The van der Waals surface area contributed by atoms with Crippen molar-refractivity contribution in [2.45, 2.75) is 0 Å². The van der Waals surface area contributed by atoms with E-state index in [1.54, 1.807) is 0 Å². The predicted molar refractivity (Wildman–Crippen MR) is 274 cm³/mol. The van der Waals surface area contributed by atoms with Crippen LogP contribution in [0.25, 0.3) is 121 Å². The number of hydrogen-bond acceptors (Lipinski definition) is 4. The molecule has 304 valence electrons. The van der Waals surface area contributed by atoms with Gasteiger partial charge in [-0.2, -0.15) is 0 Å². The normalized spacial score (nSPS) is 11.4. The molecule has 0 saturated carbocycles. The SMILES string of the molecule is c1ccc(-c2cccc(-c3nc(-c4ccc(-c5ccc(-c6ccc(-c7cccc8sc9ccccc9c78)cc6)c6ccccc56)cc4)nc(-c4ccccc4-c4ccccc4)n3)c2)cc1. The van der Waals surface area contributed by atoms with Crippen LogP contribution < -0.4 is 0 Å². The molecule has 0 amide bonds. The molecule has 0 aliphatic rings. The van der Waals surface area contributed by atoms with Crippen LogP contribution in [-0.2, 0) is 0 Å². The molecule has 0 radical (unpaired) electrons. The number of hydrogen-bond donors (Lipinski definition) is 0. The van der Waals surface area contributed by atoms with E-state index >= 15 is 0 Å². The van der Waals surface area contributed by atoms with Gasteiger partial charge in [0.05, 0.1) is 0 Å². The molecular formula is C61H39N3S. The molecule has 0 fully saturated rings. The molecule has 3 nitrogen and oxygen atoms in total. The molecule has 0 bridgehead atoms. The Labute approximate surface area is 381 Å². The van der Waals surface area contributed by atoms with Crippen LogP contribution in [0.4, 0.5) is 0 Å². The summed E-state index contributed by atoms with van der Waals surface area (Å²) < 4.78 is 2.64. The van der Waals surface area contributed by atoms with E-state index < -0.39 is 0 Å². The topological polar surface area (TPSA) is 38.7 Å². The highest BCUT2D eigenvalue weighted by Crippen LogP contribution is 2.42. The molecule has 0 N–H and O–H groups in total. The van der Waals surface area contributed by atoms with Crippen molar-refractivity contribution in [2.24, 2.45) is 0 Å². The molecule has 2 heterocycles. The van der Waals surface area contributed by atoms with Crippen molar-refractivity contribution in [2.75, 3.05) is 0 Å². The van der Waals surface area contributed by atoms with Gasteiger partial charge in [-0.1, -0.05) is 218 Å². The predicted octanol–water partition coefficient (Wildman–Crippen LogP) is 16.7. The molecule has 0 atom stereocenters. The second-order valence-corrected chi connectivity index (χ2v) is 17.4. The van der Waals surface area contributed by atoms with Gasteiger partial charge in [0.15, 0.2) is 17.5 Å². The molecule has 12 aromatic rings. The van der Waals surface area contributed by atoms with E-state index in [1.807, 2.05) is 23.5 Å². The minimum atomic E-state index is 0.622. The lowest BCUT2D eigenvalue weighted by Crippen LogP contribution is -2.01. The van der Waals surface area contributed by atoms with Crippen LogP contribution in [0.15, 0.2) is 237 Å². The molecule has 0 saturated heterocycles. The van der Waals surface area contributed by atoms with Crippen molar-refractivity contribution in [3.8, 4) is 89.8 Å². The molecule has 10 aromatic carbocycles. The average molecular weight is 846 g/mol. The molecule has 65 heavy (non-hydrogen) atoms. The zero-order valence-corrected chi connectivity index (χ0v) is 36.1. The summed E-state index contributed by atoms with van der Waals surface area (Å²) in [7, 11) is 0. The molecule has 2 aromatic heterocycles. The van der Waals surface area contributed by atoms with Crippen molar-refractivity contribution < 1.29 is 0 Å². The van der Waals surface area contributed by atoms with Crippen LogP contribution in [-0.4, -0.2) is 15.0 Å². The first-order valence-electron chi connectivity index (χ1n) is 21.9. The van der Waals surface area contributed by atoms with Crippen LogP contribution in [0.2, 0.25) is 0 Å². The van der Waals surface area contributed by atoms with E-state index in [-0.39, 0.29) is 0 Å². The van der Waals surface area contributed by atoms with Gasteiger partial charge in [0, 0.05) is 36.9 Å². The third-order valence-electron chi connectivity index (χ3n) is 12.4. The van der Waals surface area contributed by atoms with Crippen molar-refractivity contribution in [3.63, 3.8) is 0 Å². The largest absolute Gasteiger partial charge is 0.208 e. The fourth-order valence-corrected chi connectivity index (χ4v) is 10.3. The maximum Gasteiger partial charge on any atom is 0.164 e. The Bertz CT molecular complexity index is 3690. The number of rotatable bonds is 8. The first-order chi connectivity index (χ1) is 32.2. The summed E-state index contributed by atoms with van der Waals surface area (Å²) in [5.41, 5.74) is 14.4. The summed E-state index contributed by atoms with van der Waals surface area (Å²) in [5.74, 6) is 1.88. The van der Waals surface area contributed by atoms with E-state index in [1.165, 1.54) is 58.8 Å². The smallest absolute Gasteiger partial charge is 0.164 e. The number of aromatic nitrogens is 3. The Balaban J connectivity index is 0.913. The lowest BCUT2D eigenvalue weighted by Gasteiger charge is -2.14. The first kappa shape index (κ1) is 38.4. The standard InChI is InChI=1S/C61H39N3S/c1-3-15-40(16-4-1)46-19-13-20-47(39-46)60-62-59(63-61(64-60)54-24-10-7-21-48(54)41-17-5-2-6-18-41)45-35-33-43(34-36-45)50-38-37-49(52-22-8-9-23-53(50)52)42-29-31-44(32-30-42)51-26-14-28-57-58(51)55-25-11-12-27-56(55)65-57/h1-39H. The third kappa shape index (κ3) is 7.16. The van der Waals surface area contributed by atoms with Crippen LogP contribution in [0, 0.1) is 0 Å². The molecule has 4 heteroatoms. The van der Waals surface area contributed by atoms with Gasteiger partial charge in [0.25, 0.3) is 0 Å². The average Bonchev–Trinajstić information content (AvgIpc) is 3.78. The highest BCUT2D eigenvalue weighted by molar-refractivity contribution is 7.25.